The van der Waals surface area contributed by atoms with E-state index in [0.29, 0.717) is 36.2 Å². The van der Waals surface area contributed by atoms with E-state index in [0.717, 1.165) is 37.5 Å². The molecule has 0 spiro atoms. The lowest BCUT2D eigenvalue weighted by Gasteiger charge is -2.62. The fourth-order valence-corrected chi connectivity index (χ4v) is 8.96. The number of carbonyl (C=O) groups excluding carboxylic acids is 1. The first-order valence-corrected chi connectivity index (χ1v) is 12.5. The number of aromatic amines is 1. The van der Waals surface area contributed by atoms with Gasteiger partial charge in [-0.3, -0.25) is 9.78 Å². The van der Waals surface area contributed by atoms with Crippen molar-refractivity contribution in [2.45, 2.75) is 83.8 Å². The number of aromatic nitrogens is 2. The van der Waals surface area contributed by atoms with Gasteiger partial charge in [0.1, 0.15) is 18.9 Å². The van der Waals surface area contributed by atoms with Crippen LogP contribution in [0, 0.1) is 40.4 Å². The normalized spacial score (nSPS) is 46.8. The highest BCUT2D eigenvalue weighted by Gasteiger charge is 2.62. The third-order valence-corrected chi connectivity index (χ3v) is 10.6. The number of aliphatic hydroxyl groups is 1. The Labute approximate surface area is 187 Å². The minimum Gasteiger partial charge on any atom is -0.387 e. The lowest BCUT2D eigenvalue weighted by Crippen LogP contribution is -2.57. The molecule has 0 amide bonds. The second-order valence-electron chi connectivity index (χ2n) is 11.9. The van der Waals surface area contributed by atoms with Gasteiger partial charge in [-0.2, -0.15) is 0 Å². The summed E-state index contributed by atoms with van der Waals surface area (Å²) in [6.07, 6.45) is 15.9. The lowest BCUT2D eigenvalue weighted by molar-refractivity contribution is -0.683. The molecule has 0 aliphatic heterocycles. The largest absolute Gasteiger partial charge is 0.387 e. The molecule has 4 aliphatic carbocycles. The summed E-state index contributed by atoms with van der Waals surface area (Å²) in [7, 11) is 1.71. The molecule has 4 fully saturated rings. The molecule has 1 aromatic rings. The summed E-state index contributed by atoms with van der Waals surface area (Å²) >= 11 is 0. The molecule has 0 unspecified atom stereocenters. The zero-order valence-corrected chi connectivity index (χ0v) is 19.6. The minimum atomic E-state index is -0.629. The van der Waals surface area contributed by atoms with Gasteiger partial charge in [0.2, 0.25) is 6.33 Å². The van der Waals surface area contributed by atoms with Crippen LogP contribution in [0.25, 0.3) is 0 Å². The Bertz CT molecular complexity index is 810. The molecular formula is C26H41N2O3+. The maximum Gasteiger partial charge on any atom is 0.241 e. The molecule has 0 radical (unpaired) electrons. The number of H-pyrrole nitrogens is 1. The Morgan fingerprint density at radius 3 is 2.65 bits per heavy atom. The van der Waals surface area contributed by atoms with Crippen LogP contribution in [-0.2, 0) is 16.1 Å². The van der Waals surface area contributed by atoms with E-state index in [1.54, 1.807) is 7.11 Å². The Morgan fingerprint density at radius 1 is 1.10 bits per heavy atom. The molecule has 1 heterocycles. The van der Waals surface area contributed by atoms with Crippen molar-refractivity contribution < 1.29 is 19.2 Å². The zero-order chi connectivity index (χ0) is 21.9. The van der Waals surface area contributed by atoms with Gasteiger partial charge >= 0.3 is 0 Å². The molecule has 31 heavy (non-hydrogen) atoms. The van der Waals surface area contributed by atoms with Crippen molar-refractivity contribution >= 4 is 5.78 Å². The average molecular weight is 430 g/mol. The van der Waals surface area contributed by atoms with Crippen LogP contribution in [0.15, 0.2) is 18.7 Å². The highest BCUT2D eigenvalue weighted by molar-refractivity contribution is 5.81. The number of nitrogens with one attached hydrogen (secondary N) is 1. The number of rotatable bonds is 5. The second kappa shape index (κ2) is 7.69. The van der Waals surface area contributed by atoms with Crippen LogP contribution in [0.3, 0.4) is 0 Å². The topological polar surface area (TPSA) is 66.2 Å². The van der Waals surface area contributed by atoms with Crippen molar-refractivity contribution in [1.29, 1.82) is 0 Å². The van der Waals surface area contributed by atoms with Gasteiger partial charge in [-0.1, -0.05) is 13.8 Å². The maximum absolute atomic E-state index is 13.3. The summed E-state index contributed by atoms with van der Waals surface area (Å²) in [6.45, 7) is 5.95. The van der Waals surface area contributed by atoms with E-state index >= 15 is 0 Å². The first kappa shape index (κ1) is 21.6. The van der Waals surface area contributed by atoms with E-state index < -0.39 is 5.60 Å². The lowest BCUT2D eigenvalue weighted by atomic mass is 9.44. The number of fused-ring (bicyclic) bond motifs is 5. The predicted molar refractivity (Wildman–Crippen MR) is 118 cm³/mol. The molecule has 5 nitrogen and oxygen atoms in total. The van der Waals surface area contributed by atoms with E-state index in [2.05, 4.69) is 18.8 Å². The van der Waals surface area contributed by atoms with Crippen molar-refractivity contribution in [2.24, 2.45) is 40.4 Å². The number of ketones is 1. The number of hydrogen-bond acceptors (Lipinski definition) is 3. The van der Waals surface area contributed by atoms with Gasteiger partial charge < -0.3 is 9.84 Å². The first-order chi connectivity index (χ1) is 14.8. The fraction of sp³-hybridized carbons (Fsp3) is 0.846. The quantitative estimate of drug-likeness (QED) is 0.698. The van der Waals surface area contributed by atoms with Crippen LogP contribution in [0.5, 0.6) is 0 Å². The number of hydrogen-bond donors (Lipinski definition) is 2. The Morgan fingerprint density at radius 2 is 1.90 bits per heavy atom. The van der Waals surface area contributed by atoms with Crippen LogP contribution in [-0.4, -0.2) is 35.2 Å². The molecule has 172 valence electrons. The number of nitrogens with zero attached hydrogens (tertiary/aromatic N) is 1. The summed E-state index contributed by atoms with van der Waals surface area (Å²) in [4.78, 5) is 16.3. The van der Waals surface area contributed by atoms with Gasteiger partial charge in [-0.05, 0) is 92.3 Å². The summed E-state index contributed by atoms with van der Waals surface area (Å²) in [6, 6.07) is 0. The first-order valence-electron chi connectivity index (χ1n) is 12.5. The molecule has 0 saturated heterocycles. The van der Waals surface area contributed by atoms with Crippen molar-refractivity contribution in [3.05, 3.63) is 18.7 Å². The van der Waals surface area contributed by atoms with E-state index in [1.807, 2.05) is 23.3 Å². The molecule has 5 rings (SSSR count). The van der Waals surface area contributed by atoms with Crippen molar-refractivity contribution in [2.75, 3.05) is 13.7 Å². The number of Topliss-reactive ketones (excluding diaryl/α,β-unsaturated/α-hetero) is 1. The summed E-state index contributed by atoms with van der Waals surface area (Å²) in [5.74, 6) is 3.44. The maximum atomic E-state index is 13.3. The van der Waals surface area contributed by atoms with E-state index in [4.69, 9.17) is 4.74 Å². The van der Waals surface area contributed by atoms with Crippen LogP contribution in [0.1, 0.15) is 71.6 Å². The minimum absolute atomic E-state index is 0.170. The van der Waals surface area contributed by atoms with Crippen LogP contribution in [0.4, 0.5) is 0 Å². The van der Waals surface area contributed by atoms with Crippen molar-refractivity contribution in [3.8, 4) is 0 Å². The van der Waals surface area contributed by atoms with Gasteiger partial charge in [0, 0.05) is 13.0 Å². The summed E-state index contributed by atoms with van der Waals surface area (Å²) < 4.78 is 7.35. The Balaban J connectivity index is 1.33. The van der Waals surface area contributed by atoms with E-state index in [9.17, 15) is 9.90 Å². The van der Waals surface area contributed by atoms with Gasteiger partial charge in [0.15, 0.2) is 5.78 Å². The predicted octanol–water partition coefficient (Wildman–Crippen LogP) is 3.91. The van der Waals surface area contributed by atoms with E-state index in [1.165, 1.54) is 32.1 Å². The number of ether oxygens (including phenoxy) is 1. The number of imidazole rings is 1. The highest BCUT2D eigenvalue weighted by atomic mass is 16.5. The average Bonchev–Trinajstić information content (AvgIpc) is 3.35. The number of methoxy groups -OCH3 is 1. The molecule has 4 aliphatic rings. The molecule has 1 aromatic heterocycles. The molecule has 8 atom stereocenters. The van der Waals surface area contributed by atoms with Gasteiger partial charge in [-0.25, -0.2) is 4.57 Å². The van der Waals surface area contributed by atoms with Crippen molar-refractivity contribution in [3.63, 3.8) is 0 Å². The van der Waals surface area contributed by atoms with Crippen LogP contribution in [0.2, 0.25) is 0 Å². The molecule has 0 bridgehead atoms. The molecule has 0 aromatic carbocycles. The third kappa shape index (κ3) is 3.42. The second-order valence-corrected chi connectivity index (χ2v) is 11.9. The Kier molecular flexibility index (Phi) is 5.37. The van der Waals surface area contributed by atoms with Crippen LogP contribution >= 0.6 is 0 Å². The van der Waals surface area contributed by atoms with Crippen molar-refractivity contribution in [1.82, 2.24) is 4.98 Å². The summed E-state index contributed by atoms with van der Waals surface area (Å²) in [5, 5.41) is 11.0. The molecule has 2 N–H and O–H groups in total. The van der Waals surface area contributed by atoms with Gasteiger partial charge in [0.25, 0.3) is 0 Å². The Hall–Kier alpha value is -1.20. The fourth-order valence-electron chi connectivity index (χ4n) is 8.96. The number of carbonyl (C=O) groups is 1. The monoisotopic (exact) mass is 429 g/mol. The zero-order valence-electron chi connectivity index (χ0n) is 19.6. The van der Waals surface area contributed by atoms with Gasteiger partial charge in [0.05, 0.1) is 12.2 Å². The molecule has 5 heteroatoms. The third-order valence-electron chi connectivity index (χ3n) is 10.6. The standard InChI is InChI=1S/C26H40N2O3/c1-24-10-11-26(30,16-31-3)14-18(24)4-5-19-20-6-7-22(25(20,2)9-8-21(19)24)23(29)15-28-13-12-27-17-28/h12-13,17-22,30H,4-11,14-16H2,1-3H3/p+1/t18-,19-,20-,21-,22+,24-,25-,26+/m0/s1. The van der Waals surface area contributed by atoms with Crippen LogP contribution < -0.4 is 4.57 Å². The highest BCUT2D eigenvalue weighted by Crippen LogP contribution is 2.68. The summed E-state index contributed by atoms with van der Waals surface area (Å²) in [5.41, 5.74) is -0.118. The smallest absolute Gasteiger partial charge is 0.241 e. The molecular weight excluding hydrogens is 388 g/mol. The SMILES string of the molecule is COC[C@@]1(O)CC[C@@]2(C)[C@@H](CC[C@@H]3[C@@H]2CC[C@]2(C)[C@@H](C(=O)C[n+]4cc[nH]c4)CC[C@@H]32)C1. The van der Waals surface area contributed by atoms with E-state index in [-0.39, 0.29) is 11.3 Å². The van der Waals surface area contributed by atoms with Gasteiger partial charge in [-0.15, -0.1) is 0 Å². The molecule has 4 saturated carbocycles.